The minimum atomic E-state index is 0.318. The largest absolute Gasteiger partial charge is 0.508 e. The van der Waals surface area contributed by atoms with Crippen molar-refractivity contribution in [2.45, 2.75) is 50.4 Å². The first kappa shape index (κ1) is 21.7. The van der Waals surface area contributed by atoms with E-state index in [4.69, 9.17) is 0 Å². The normalized spacial score (nSPS) is 24.1. The topological polar surface area (TPSA) is 35.5 Å². The molecule has 3 aromatic carbocycles. The van der Waals surface area contributed by atoms with Crippen molar-refractivity contribution in [3.8, 4) is 5.75 Å². The molecular weight excluding hydrogens is 416 g/mol. The molecule has 0 radical (unpaired) electrons. The number of rotatable bonds is 3. The maximum Gasteiger partial charge on any atom is 0.115 e. The third-order valence-electron chi connectivity index (χ3n) is 8.76. The molecule has 0 saturated carbocycles. The average molecular weight is 453 g/mol. The van der Waals surface area contributed by atoms with E-state index in [0.29, 0.717) is 23.0 Å². The lowest BCUT2D eigenvalue weighted by molar-refractivity contribution is 0.167. The summed E-state index contributed by atoms with van der Waals surface area (Å²) in [6.45, 7) is 4.72. The predicted octanol–water partition coefficient (Wildman–Crippen LogP) is 6.22. The van der Waals surface area contributed by atoms with Crippen molar-refractivity contribution in [2.24, 2.45) is 5.41 Å². The average Bonchev–Trinajstić information content (AvgIpc) is 2.89. The van der Waals surface area contributed by atoms with Crippen LogP contribution in [0.2, 0.25) is 0 Å². The fourth-order valence-electron chi connectivity index (χ4n) is 6.96. The smallest absolute Gasteiger partial charge is 0.115 e. The van der Waals surface area contributed by atoms with Gasteiger partial charge in [-0.2, -0.15) is 0 Å². The van der Waals surface area contributed by atoms with Gasteiger partial charge in [0.2, 0.25) is 0 Å². The Labute approximate surface area is 203 Å². The molecule has 0 amide bonds. The van der Waals surface area contributed by atoms with Gasteiger partial charge in [0.05, 0.1) is 0 Å². The molecule has 6 rings (SSSR count). The summed E-state index contributed by atoms with van der Waals surface area (Å²) >= 11 is 0. The summed E-state index contributed by atoms with van der Waals surface area (Å²) < 4.78 is 0. The van der Waals surface area contributed by atoms with E-state index in [-0.39, 0.29) is 0 Å². The molecule has 1 spiro atoms. The van der Waals surface area contributed by atoms with Gasteiger partial charge in [-0.15, -0.1) is 0 Å². The van der Waals surface area contributed by atoms with E-state index >= 15 is 0 Å². The van der Waals surface area contributed by atoms with E-state index in [1.54, 1.807) is 0 Å². The van der Waals surface area contributed by atoms with Crippen LogP contribution in [-0.2, 0) is 6.42 Å². The van der Waals surface area contributed by atoms with Gasteiger partial charge in [-0.05, 0) is 109 Å². The van der Waals surface area contributed by atoms with Crippen molar-refractivity contribution < 1.29 is 5.11 Å². The lowest BCUT2D eigenvalue weighted by Gasteiger charge is -2.46. The Kier molecular flexibility index (Phi) is 5.82. The SMILES string of the molecule is Oc1ccc2c(c1)CC[C@H](c1ccccc1)C2c1ccc(N2CCCC3(CCNCC3)C2)cc1. The van der Waals surface area contributed by atoms with Crippen molar-refractivity contribution in [3.05, 3.63) is 95.1 Å². The fourth-order valence-corrected chi connectivity index (χ4v) is 6.96. The van der Waals surface area contributed by atoms with Gasteiger partial charge in [0.1, 0.15) is 5.75 Å². The number of anilines is 1. The summed E-state index contributed by atoms with van der Waals surface area (Å²) in [7, 11) is 0. The van der Waals surface area contributed by atoms with Gasteiger partial charge in [0, 0.05) is 24.7 Å². The number of aromatic hydroxyl groups is 1. The van der Waals surface area contributed by atoms with Gasteiger partial charge >= 0.3 is 0 Å². The molecule has 3 heteroatoms. The fraction of sp³-hybridized carbons (Fsp3) is 0.419. The first-order valence-corrected chi connectivity index (χ1v) is 13.1. The van der Waals surface area contributed by atoms with Crippen molar-refractivity contribution in [2.75, 3.05) is 31.1 Å². The minimum Gasteiger partial charge on any atom is -0.508 e. The Morgan fingerprint density at radius 1 is 0.853 bits per heavy atom. The molecule has 0 aromatic heterocycles. The number of phenols is 1. The Morgan fingerprint density at radius 2 is 1.65 bits per heavy atom. The Bertz CT molecular complexity index is 1110. The number of fused-ring (bicyclic) bond motifs is 1. The monoisotopic (exact) mass is 452 g/mol. The van der Waals surface area contributed by atoms with Crippen LogP contribution in [0.4, 0.5) is 5.69 Å². The molecule has 176 valence electrons. The number of benzene rings is 3. The van der Waals surface area contributed by atoms with E-state index in [1.165, 1.54) is 79.8 Å². The number of hydrogen-bond donors (Lipinski definition) is 2. The second-order valence-corrected chi connectivity index (χ2v) is 10.8. The summed E-state index contributed by atoms with van der Waals surface area (Å²) in [4.78, 5) is 2.64. The van der Waals surface area contributed by atoms with E-state index in [2.05, 4.69) is 70.9 Å². The van der Waals surface area contributed by atoms with Crippen LogP contribution in [0.1, 0.15) is 66.2 Å². The van der Waals surface area contributed by atoms with Crippen molar-refractivity contribution in [3.63, 3.8) is 0 Å². The standard InChI is InChI=1S/C31H36N2O/c34-27-12-14-29-25(21-27)9-13-28(23-5-2-1-3-6-23)30(29)24-7-10-26(11-8-24)33-20-4-15-31(22-33)16-18-32-19-17-31/h1-3,5-8,10-12,14,21,28,30,32,34H,4,9,13,15-20,22H2/t28-,30?/m1/s1. The number of phenolic OH excluding ortho intramolecular Hbond substituents is 1. The van der Waals surface area contributed by atoms with E-state index in [0.717, 1.165) is 12.8 Å². The van der Waals surface area contributed by atoms with Crippen molar-refractivity contribution >= 4 is 5.69 Å². The molecule has 1 aliphatic carbocycles. The number of piperidine rings is 2. The first-order chi connectivity index (χ1) is 16.7. The zero-order valence-electron chi connectivity index (χ0n) is 20.0. The van der Waals surface area contributed by atoms with Crippen LogP contribution >= 0.6 is 0 Å². The molecule has 2 fully saturated rings. The van der Waals surface area contributed by atoms with Gasteiger partial charge in [0.25, 0.3) is 0 Å². The summed E-state index contributed by atoms with van der Waals surface area (Å²) in [5.74, 6) is 1.15. The summed E-state index contributed by atoms with van der Waals surface area (Å²) in [6, 6.07) is 26.5. The van der Waals surface area contributed by atoms with Crippen LogP contribution in [0, 0.1) is 5.41 Å². The van der Waals surface area contributed by atoms with E-state index < -0.39 is 0 Å². The van der Waals surface area contributed by atoms with Gasteiger partial charge in [-0.1, -0.05) is 48.5 Å². The summed E-state index contributed by atoms with van der Waals surface area (Å²) in [6.07, 6.45) is 7.43. The number of nitrogens with one attached hydrogen (secondary N) is 1. The molecule has 34 heavy (non-hydrogen) atoms. The Morgan fingerprint density at radius 3 is 2.44 bits per heavy atom. The zero-order valence-corrected chi connectivity index (χ0v) is 20.0. The Balaban J connectivity index is 1.31. The third-order valence-corrected chi connectivity index (χ3v) is 8.76. The maximum absolute atomic E-state index is 10.1. The number of nitrogens with zero attached hydrogens (tertiary/aromatic N) is 1. The van der Waals surface area contributed by atoms with Crippen LogP contribution in [0.15, 0.2) is 72.8 Å². The Hall–Kier alpha value is -2.78. The highest BCUT2D eigenvalue weighted by atomic mass is 16.3. The van der Waals surface area contributed by atoms with Crippen molar-refractivity contribution in [1.29, 1.82) is 0 Å². The van der Waals surface area contributed by atoms with Crippen LogP contribution in [0.25, 0.3) is 0 Å². The van der Waals surface area contributed by atoms with Gasteiger partial charge in [-0.3, -0.25) is 0 Å². The van der Waals surface area contributed by atoms with Crippen LogP contribution < -0.4 is 10.2 Å². The van der Waals surface area contributed by atoms with Crippen LogP contribution in [-0.4, -0.2) is 31.3 Å². The molecule has 3 aromatic rings. The van der Waals surface area contributed by atoms with E-state index in [1.807, 2.05) is 12.1 Å². The molecule has 2 atom stereocenters. The highest BCUT2D eigenvalue weighted by molar-refractivity contribution is 5.53. The number of hydrogen-bond acceptors (Lipinski definition) is 3. The lowest BCUT2D eigenvalue weighted by Crippen LogP contribution is -2.48. The predicted molar refractivity (Wildman–Crippen MR) is 140 cm³/mol. The lowest BCUT2D eigenvalue weighted by atomic mass is 9.69. The molecule has 2 aliphatic heterocycles. The van der Waals surface area contributed by atoms with Gasteiger partial charge in [0.15, 0.2) is 0 Å². The van der Waals surface area contributed by atoms with Crippen molar-refractivity contribution in [1.82, 2.24) is 5.32 Å². The molecule has 2 heterocycles. The highest BCUT2D eigenvalue weighted by Crippen LogP contribution is 2.47. The van der Waals surface area contributed by atoms with Gasteiger partial charge < -0.3 is 15.3 Å². The first-order valence-electron chi connectivity index (χ1n) is 13.1. The summed E-state index contributed by atoms with van der Waals surface area (Å²) in [5, 5.41) is 13.7. The van der Waals surface area contributed by atoms with Crippen LogP contribution in [0.3, 0.4) is 0 Å². The molecule has 2 N–H and O–H groups in total. The molecule has 3 nitrogen and oxygen atoms in total. The second kappa shape index (κ2) is 9.11. The highest BCUT2D eigenvalue weighted by Gasteiger charge is 2.37. The molecule has 1 unspecified atom stereocenters. The van der Waals surface area contributed by atoms with Crippen LogP contribution in [0.5, 0.6) is 5.75 Å². The molecule has 3 aliphatic rings. The van der Waals surface area contributed by atoms with Gasteiger partial charge in [-0.25, -0.2) is 0 Å². The number of aryl methyl sites for hydroxylation is 1. The molecule has 0 bridgehead atoms. The quantitative estimate of drug-likeness (QED) is 0.495. The maximum atomic E-state index is 10.1. The molecule has 2 saturated heterocycles. The minimum absolute atomic E-state index is 0.318. The third kappa shape index (κ3) is 4.11. The molecular formula is C31H36N2O. The zero-order chi connectivity index (χ0) is 23.0. The second-order valence-electron chi connectivity index (χ2n) is 10.8. The summed E-state index contributed by atoms with van der Waals surface area (Å²) in [5.41, 5.74) is 7.35. The van der Waals surface area contributed by atoms with E-state index in [9.17, 15) is 5.11 Å².